The van der Waals surface area contributed by atoms with E-state index in [9.17, 15) is 18.5 Å². The number of aryl methyl sites for hydroxylation is 1. The van der Waals surface area contributed by atoms with Gasteiger partial charge in [0.05, 0.1) is 34.4 Å². The summed E-state index contributed by atoms with van der Waals surface area (Å²) in [4.78, 5) is 16.8. The minimum atomic E-state index is -3.59. The second kappa shape index (κ2) is 12.0. The number of nitrogens with zero attached hydrogens (tertiary/aromatic N) is 4. The number of non-ortho nitro benzene ring substituents is 1. The molecule has 3 aromatic carbocycles. The molecule has 1 aromatic heterocycles. The Labute approximate surface area is 230 Å². The first-order chi connectivity index (χ1) is 18.9. The molecule has 0 unspecified atom stereocenters. The van der Waals surface area contributed by atoms with Crippen LogP contribution >= 0.6 is 11.3 Å². The molecule has 11 heteroatoms. The zero-order chi connectivity index (χ0) is 27.2. The van der Waals surface area contributed by atoms with Gasteiger partial charge in [-0.3, -0.25) is 10.1 Å². The number of nitro benzene ring substituents is 1. The third-order valence-corrected chi connectivity index (χ3v) is 9.29. The number of aromatic nitrogens is 1. The number of rotatable bonds is 9. The average Bonchev–Trinajstić information content (AvgIpc) is 3.36. The van der Waals surface area contributed by atoms with Gasteiger partial charge >= 0.3 is 0 Å². The topological polar surface area (TPSA) is 107 Å². The lowest BCUT2D eigenvalue weighted by molar-refractivity contribution is -0.384. The predicted molar refractivity (Wildman–Crippen MR) is 150 cm³/mol. The lowest BCUT2D eigenvalue weighted by atomic mass is 10.1. The second-order valence-electron chi connectivity index (χ2n) is 9.07. The summed E-state index contributed by atoms with van der Waals surface area (Å²) in [6.07, 6.45) is 1.73. The zero-order valence-corrected chi connectivity index (χ0v) is 22.8. The Morgan fingerprint density at radius 2 is 1.72 bits per heavy atom. The predicted octanol–water partition coefficient (Wildman–Crippen LogP) is 5.01. The highest BCUT2D eigenvalue weighted by atomic mass is 32.2. The van der Waals surface area contributed by atoms with Gasteiger partial charge in [0.1, 0.15) is 0 Å². The Morgan fingerprint density at radius 1 is 0.974 bits per heavy atom. The summed E-state index contributed by atoms with van der Waals surface area (Å²) in [7, 11) is -3.59. The summed E-state index contributed by atoms with van der Waals surface area (Å²) in [5.74, 6) is 0. The Morgan fingerprint density at radius 3 is 2.44 bits per heavy atom. The third-order valence-electron chi connectivity index (χ3n) is 6.51. The van der Waals surface area contributed by atoms with Gasteiger partial charge in [-0.05, 0) is 42.7 Å². The first-order valence-electron chi connectivity index (χ1n) is 12.6. The quantitative estimate of drug-likeness (QED) is 0.210. The molecule has 1 aliphatic rings. The van der Waals surface area contributed by atoms with Crippen molar-refractivity contribution in [1.82, 2.24) is 8.87 Å². The molecule has 0 N–H and O–H groups in total. The summed E-state index contributed by atoms with van der Waals surface area (Å²) >= 11 is 1.44. The van der Waals surface area contributed by atoms with Crippen LogP contribution in [-0.4, -0.2) is 48.5 Å². The monoisotopic (exact) mass is 564 g/mol. The van der Waals surface area contributed by atoms with E-state index in [1.165, 1.54) is 27.3 Å². The summed E-state index contributed by atoms with van der Waals surface area (Å²) in [5.41, 5.74) is 3.49. The van der Waals surface area contributed by atoms with Crippen LogP contribution in [-0.2, 0) is 27.7 Å². The van der Waals surface area contributed by atoms with Crippen LogP contribution in [0, 0.1) is 10.1 Å². The maximum Gasteiger partial charge on any atom is 0.270 e. The summed E-state index contributed by atoms with van der Waals surface area (Å²) in [6, 6.07) is 23.4. The smallest absolute Gasteiger partial charge is 0.270 e. The molecule has 39 heavy (non-hydrogen) atoms. The van der Waals surface area contributed by atoms with Crippen molar-refractivity contribution >= 4 is 32.7 Å². The van der Waals surface area contributed by atoms with Gasteiger partial charge in [-0.15, -0.1) is 11.3 Å². The maximum atomic E-state index is 13.0. The molecule has 9 nitrogen and oxygen atoms in total. The van der Waals surface area contributed by atoms with E-state index in [2.05, 4.69) is 16.7 Å². The molecule has 1 aliphatic heterocycles. The Bertz CT molecular complexity index is 1610. The van der Waals surface area contributed by atoms with Gasteiger partial charge in [0.25, 0.3) is 5.69 Å². The SMILES string of the molecule is O=[N+]([O-])c1cccc(-c2csc(=Nc3ccc(S(=O)(=O)N4CCOCC4)cc3)n2CCCc2ccccc2)c1. The summed E-state index contributed by atoms with van der Waals surface area (Å²) in [5, 5.41) is 13.3. The number of nitro groups is 1. The van der Waals surface area contributed by atoms with Crippen LogP contribution in [0.4, 0.5) is 11.4 Å². The van der Waals surface area contributed by atoms with Gasteiger partial charge < -0.3 is 9.30 Å². The molecule has 2 heterocycles. The van der Waals surface area contributed by atoms with Crippen LogP contribution in [0.2, 0.25) is 0 Å². The van der Waals surface area contributed by atoms with E-state index in [1.54, 1.807) is 36.4 Å². The molecule has 202 valence electrons. The average molecular weight is 565 g/mol. The first kappa shape index (κ1) is 26.9. The molecule has 0 saturated carbocycles. The number of ether oxygens (including phenoxy) is 1. The zero-order valence-electron chi connectivity index (χ0n) is 21.2. The van der Waals surface area contributed by atoms with Gasteiger partial charge in [-0.2, -0.15) is 4.31 Å². The van der Waals surface area contributed by atoms with Crippen LogP contribution in [0.15, 0.2) is 94.1 Å². The lowest BCUT2D eigenvalue weighted by Crippen LogP contribution is -2.40. The molecule has 0 aliphatic carbocycles. The molecule has 1 saturated heterocycles. The molecule has 5 rings (SSSR count). The molecule has 0 radical (unpaired) electrons. The van der Waals surface area contributed by atoms with E-state index in [0.717, 1.165) is 28.9 Å². The van der Waals surface area contributed by atoms with E-state index >= 15 is 0 Å². The maximum absolute atomic E-state index is 13.0. The fraction of sp³-hybridized carbons (Fsp3) is 0.250. The second-order valence-corrected chi connectivity index (χ2v) is 11.8. The van der Waals surface area contributed by atoms with Crippen LogP contribution in [0.5, 0.6) is 0 Å². The van der Waals surface area contributed by atoms with Crippen LogP contribution in [0.1, 0.15) is 12.0 Å². The molecule has 0 atom stereocenters. The lowest BCUT2D eigenvalue weighted by Gasteiger charge is -2.26. The highest BCUT2D eigenvalue weighted by Gasteiger charge is 2.26. The number of morpholine rings is 1. The Balaban J connectivity index is 1.46. The normalized spacial score (nSPS) is 14.9. The van der Waals surface area contributed by atoms with Crippen molar-refractivity contribution in [1.29, 1.82) is 0 Å². The third kappa shape index (κ3) is 6.34. The van der Waals surface area contributed by atoms with E-state index in [-0.39, 0.29) is 10.6 Å². The molecular weight excluding hydrogens is 536 g/mol. The number of thiazole rings is 1. The number of hydrogen-bond donors (Lipinski definition) is 0. The molecule has 0 spiro atoms. The van der Waals surface area contributed by atoms with Crippen molar-refractivity contribution in [3.8, 4) is 11.3 Å². The fourth-order valence-electron chi connectivity index (χ4n) is 4.47. The van der Waals surface area contributed by atoms with Gasteiger partial charge in [0, 0.05) is 42.7 Å². The standard InChI is InChI=1S/C28H28N4O5S2/c33-32(34)25-10-4-9-23(20-25)27-21-38-28(31(27)15-5-8-22-6-2-1-3-7-22)29-24-11-13-26(14-12-24)39(35,36)30-16-18-37-19-17-30/h1-4,6-7,9-14,20-21H,5,8,15-19H2. The van der Waals surface area contributed by atoms with Crippen molar-refractivity contribution in [2.75, 3.05) is 26.3 Å². The van der Waals surface area contributed by atoms with Crippen molar-refractivity contribution in [3.05, 3.63) is 105 Å². The number of benzene rings is 3. The van der Waals surface area contributed by atoms with Crippen molar-refractivity contribution in [2.45, 2.75) is 24.3 Å². The van der Waals surface area contributed by atoms with E-state index in [0.29, 0.717) is 38.5 Å². The molecule has 4 aromatic rings. The highest BCUT2D eigenvalue weighted by molar-refractivity contribution is 7.89. The highest BCUT2D eigenvalue weighted by Crippen LogP contribution is 2.26. The van der Waals surface area contributed by atoms with Gasteiger partial charge in [0.15, 0.2) is 4.80 Å². The Hall–Kier alpha value is -3.64. The largest absolute Gasteiger partial charge is 0.379 e. The van der Waals surface area contributed by atoms with E-state index in [1.807, 2.05) is 29.6 Å². The fourth-order valence-corrected chi connectivity index (χ4v) is 6.83. The van der Waals surface area contributed by atoms with Gasteiger partial charge in [-0.25, -0.2) is 13.4 Å². The Kier molecular flexibility index (Phi) is 8.32. The number of hydrogen-bond acceptors (Lipinski definition) is 7. The van der Waals surface area contributed by atoms with Crippen molar-refractivity contribution in [2.24, 2.45) is 4.99 Å². The minimum Gasteiger partial charge on any atom is -0.379 e. The van der Waals surface area contributed by atoms with E-state index in [4.69, 9.17) is 9.73 Å². The van der Waals surface area contributed by atoms with Crippen LogP contribution < -0.4 is 4.80 Å². The van der Waals surface area contributed by atoms with E-state index < -0.39 is 14.9 Å². The van der Waals surface area contributed by atoms with Crippen molar-refractivity contribution < 1.29 is 18.1 Å². The van der Waals surface area contributed by atoms with Gasteiger partial charge in [0.2, 0.25) is 10.0 Å². The molecule has 1 fully saturated rings. The molecular formula is C28H28N4O5S2. The van der Waals surface area contributed by atoms with Gasteiger partial charge in [-0.1, -0.05) is 42.5 Å². The van der Waals surface area contributed by atoms with Crippen LogP contribution in [0.25, 0.3) is 11.3 Å². The molecule has 0 amide bonds. The minimum absolute atomic E-state index is 0.0325. The number of sulfonamides is 1. The van der Waals surface area contributed by atoms with Crippen molar-refractivity contribution in [3.63, 3.8) is 0 Å². The first-order valence-corrected chi connectivity index (χ1v) is 14.9. The van der Waals surface area contributed by atoms with Crippen LogP contribution in [0.3, 0.4) is 0 Å². The summed E-state index contributed by atoms with van der Waals surface area (Å²) < 4.78 is 34.7. The molecule has 0 bridgehead atoms. The summed E-state index contributed by atoms with van der Waals surface area (Å²) in [6.45, 7) is 2.13.